The van der Waals surface area contributed by atoms with E-state index in [1.807, 2.05) is 78.9 Å². The molecule has 3 unspecified atom stereocenters. The van der Waals surface area contributed by atoms with Gasteiger partial charge in [-0.15, -0.1) is 0 Å². The van der Waals surface area contributed by atoms with Gasteiger partial charge in [-0.1, -0.05) is 81.9 Å². The average molecular weight is 1450 g/mol. The molecule has 4 saturated carbocycles. The van der Waals surface area contributed by atoms with Crippen molar-refractivity contribution in [3.63, 3.8) is 0 Å². The quantitative estimate of drug-likeness (QED) is 0.0108. The van der Waals surface area contributed by atoms with Crippen LogP contribution in [0.3, 0.4) is 0 Å². The van der Waals surface area contributed by atoms with E-state index in [2.05, 4.69) is 45.4 Å². The van der Waals surface area contributed by atoms with Crippen molar-refractivity contribution in [3.05, 3.63) is 131 Å². The number of nitrogens with zero attached hydrogens (tertiary/aromatic N) is 7. The molecule has 29 heteroatoms. The Bertz CT molecular complexity index is 4240. The number of rotatable bonds is 33. The maximum Gasteiger partial charge on any atom is 0.410 e. The lowest BCUT2D eigenvalue weighted by molar-refractivity contribution is -0.139. The summed E-state index contributed by atoms with van der Waals surface area (Å²) in [6.45, 7) is 12.6. The highest BCUT2D eigenvalue weighted by molar-refractivity contribution is 8.00. The molecule has 5 heterocycles. The molecule has 9 N–H and O–H groups in total. The highest BCUT2D eigenvalue weighted by Gasteiger charge is 2.65. The minimum atomic E-state index is -4.46. The summed E-state index contributed by atoms with van der Waals surface area (Å²) in [4.78, 5) is 117. The maximum absolute atomic E-state index is 14.0. The van der Waals surface area contributed by atoms with Crippen molar-refractivity contribution >= 4 is 108 Å². The van der Waals surface area contributed by atoms with E-state index in [1.54, 1.807) is 48.3 Å². The summed E-state index contributed by atoms with van der Waals surface area (Å²) in [6, 6.07) is 22.0. The first-order valence-electron chi connectivity index (χ1n) is 34.9. The molecule has 4 bridgehead atoms. The van der Waals surface area contributed by atoms with E-state index in [-0.39, 0.29) is 114 Å². The number of aromatic carboxylic acids is 1. The summed E-state index contributed by atoms with van der Waals surface area (Å²) in [7, 11) is -4.46. The third kappa shape index (κ3) is 18.3. The Hall–Kier alpha value is -8.77. The molecule has 3 aromatic heterocycles. The van der Waals surface area contributed by atoms with Gasteiger partial charge in [0.25, 0.3) is 27.8 Å². The number of hydrogen-bond acceptors (Lipinski definition) is 18. The monoisotopic (exact) mass is 1450 g/mol. The van der Waals surface area contributed by atoms with Gasteiger partial charge in [0, 0.05) is 116 Å². The van der Waals surface area contributed by atoms with Crippen LogP contribution in [0.5, 0.6) is 0 Å². The van der Waals surface area contributed by atoms with Gasteiger partial charge in [0.05, 0.1) is 28.2 Å². The van der Waals surface area contributed by atoms with Gasteiger partial charge in [0.2, 0.25) is 11.8 Å². The molecule has 3 aromatic carbocycles. The molecule has 26 nitrogen and oxygen atoms in total. The van der Waals surface area contributed by atoms with Crippen LogP contribution in [-0.4, -0.2) is 163 Å². The Morgan fingerprint density at radius 2 is 1.59 bits per heavy atom. The number of fused-ring (bicyclic) bond motifs is 2. The van der Waals surface area contributed by atoms with E-state index in [9.17, 15) is 56.4 Å². The van der Waals surface area contributed by atoms with Crippen LogP contribution in [0.1, 0.15) is 148 Å². The van der Waals surface area contributed by atoms with Gasteiger partial charge in [-0.2, -0.15) is 25.3 Å². The first kappa shape index (κ1) is 74.4. The predicted molar refractivity (Wildman–Crippen MR) is 390 cm³/mol. The molecule has 8 amide bonds. The van der Waals surface area contributed by atoms with E-state index in [1.165, 1.54) is 33.3 Å². The Labute approximate surface area is 601 Å². The third-order valence-electron chi connectivity index (χ3n) is 20.4. The number of thiazole rings is 1. The van der Waals surface area contributed by atoms with Crippen LogP contribution in [0.15, 0.2) is 97.2 Å². The lowest BCUT2D eigenvalue weighted by atomic mass is 9.40. The zero-order chi connectivity index (χ0) is 72.7. The first-order chi connectivity index (χ1) is 48.5. The van der Waals surface area contributed by atoms with Gasteiger partial charge in [-0.3, -0.25) is 43.4 Å². The van der Waals surface area contributed by atoms with Crippen LogP contribution in [0, 0.1) is 29.1 Å². The number of aromatic nitrogens is 4. The van der Waals surface area contributed by atoms with Gasteiger partial charge in [-0.25, -0.2) is 24.4 Å². The number of ether oxygens (including phenoxy) is 1. The zero-order valence-electron chi connectivity index (χ0n) is 58.3. The number of primary amides is 1. The molecule has 102 heavy (non-hydrogen) atoms. The molecule has 6 aromatic rings. The number of hydrogen-bond donors (Lipinski definition) is 8. The number of para-hydroxylation sites is 1. The minimum Gasteiger partial charge on any atom is -0.476 e. The molecule has 0 spiro atoms. The fourth-order valence-corrected chi connectivity index (χ4v) is 20.1. The van der Waals surface area contributed by atoms with Gasteiger partial charge < -0.3 is 46.6 Å². The molecule has 0 saturated heterocycles. The first-order valence-corrected chi connectivity index (χ1v) is 38.3. The average Bonchev–Trinajstić information content (AvgIpc) is 0.787. The topological polar surface area (TPSA) is 360 Å². The number of carbonyl (C=O) groups excluding carboxylic acids is 7. The Morgan fingerprint density at radius 3 is 2.29 bits per heavy atom. The SMILES string of the molecule is Cc1c(-c2ccc(N3CCc4cccc(C(=O)Nc5nc6ccccc6s5)c4C3)nc2C(=O)O)cnn1CC12CC3(C)CC(C)(C1)CC(SCCN(CCS(=O)(=O)O)C(=O)OCc1ccc(NC(=O)[C@H](CCCNC(N)=O)NCC(NC(=O)CCCCCN4C(=O)C=CC4=O)C(C)C)cc1)(C3)C2. The summed E-state index contributed by atoms with van der Waals surface area (Å²) < 4.78 is 42.7. The molecule has 12 rings (SSSR count). The van der Waals surface area contributed by atoms with Gasteiger partial charge in [-0.05, 0) is 159 Å². The van der Waals surface area contributed by atoms with Gasteiger partial charge in [0.1, 0.15) is 12.4 Å². The maximum atomic E-state index is 14.0. The number of urea groups is 1. The standard InChI is InChI=1S/C73H91N13O13S3/c1-46(2)57(79-60(87)18-7-6-10-29-85-61(88)25-26-62(85)89)36-76-56(16-12-28-75-67(74)94)65(91)78-50-21-19-48(20-22-50)38-99-69(95)83(32-34-102(96,97)98)31-33-100-73-42-70(4)39-71(5,43-73)41-72(40-70,44-73)45-86-47(3)53(35-77-86)51-23-24-59(81-63(51)66(92)93)84-30-27-49-13-11-14-52(54(49)37-84)64(90)82-68-80-55-15-8-9-17-58(55)101-68/h8-9,11,13-15,17,19-26,35,46,56-57,76H,6-7,10,12,16,18,27-34,36-45H2,1-5H3,(H,78,91)(H,79,87)(H,92,93)(H3,74,75,94)(H,80,82,90)(H,96,97,98)/t56-,57?,70?,71?,72?,73?/m0/s1. The number of nitrogens with two attached hydrogens (primary N) is 1. The Balaban J connectivity index is 0.693. The minimum absolute atomic E-state index is 0.000568. The van der Waals surface area contributed by atoms with Gasteiger partial charge >= 0.3 is 18.1 Å². The summed E-state index contributed by atoms with van der Waals surface area (Å²) in [5, 5.41) is 31.1. The highest BCUT2D eigenvalue weighted by atomic mass is 32.2. The van der Waals surface area contributed by atoms with E-state index >= 15 is 0 Å². The fourth-order valence-electron chi connectivity index (χ4n) is 16.7. The lowest BCUT2D eigenvalue weighted by Gasteiger charge is -2.69. The molecule has 2 aliphatic heterocycles. The largest absolute Gasteiger partial charge is 0.476 e. The molecular weight excluding hydrogens is 1360 g/mol. The molecule has 0 radical (unpaired) electrons. The summed E-state index contributed by atoms with van der Waals surface area (Å²) in [5.41, 5.74) is 11.2. The summed E-state index contributed by atoms with van der Waals surface area (Å²) in [5.74, 6) is -2.40. The van der Waals surface area contributed by atoms with Crippen molar-refractivity contribution in [1.82, 2.24) is 45.5 Å². The third-order valence-corrected chi connectivity index (χ3v) is 23.5. The van der Waals surface area contributed by atoms with Crippen LogP contribution < -0.4 is 37.2 Å². The number of anilines is 3. The van der Waals surface area contributed by atoms with Crippen LogP contribution in [0.25, 0.3) is 21.3 Å². The number of pyridine rings is 1. The second-order valence-corrected chi connectivity index (χ2v) is 33.4. The number of thioether (sulfide) groups is 1. The Kier molecular flexibility index (Phi) is 22.9. The summed E-state index contributed by atoms with van der Waals surface area (Å²) in [6.07, 6.45) is 12.6. The molecular formula is C73H91N13O13S3. The molecule has 544 valence electrons. The number of carboxylic acid groups (broad SMARTS) is 1. The lowest BCUT2D eigenvalue weighted by Crippen LogP contribution is -2.62. The number of benzene rings is 3. The van der Waals surface area contributed by atoms with E-state index in [0.717, 1.165) is 65.6 Å². The number of amides is 8. The molecule has 4 atom stereocenters. The van der Waals surface area contributed by atoms with Crippen LogP contribution >= 0.6 is 23.1 Å². The van der Waals surface area contributed by atoms with E-state index < -0.39 is 40.0 Å². The summed E-state index contributed by atoms with van der Waals surface area (Å²) >= 11 is 3.21. The van der Waals surface area contributed by atoms with Crippen molar-refractivity contribution in [2.45, 2.75) is 155 Å². The van der Waals surface area contributed by atoms with Crippen molar-refractivity contribution < 1.29 is 61.2 Å². The second kappa shape index (κ2) is 31.4. The van der Waals surface area contributed by atoms with Gasteiger partial charge in [0.15, 0.2) is 10.8 Å². The van der Waals surface area contributed by atoms with Crippen molar-refractivity contribution in [1.29, 1.82) is 0 Å². The number of carbonyl (C=O) groups is 8. The molecule has 4 fully saturated rings. The van der Waals surface area contributed by atoms with Crippen LogP contribution in [0.4, 0.5) is 26.2 Å². The zero-order valence-corrected chi connectivity index (χ0v) is 60.7. The second-order valence-electron chi connectivity index (χ2n) is 29.2. The fraction of sp³-hybridized carbons (Fsp3) is 0.493. The number of carboxylic acids is 1. The van der Waals surface area contributed by atoms with Crippen molar-refractivity contribution in [3.8, 4) is 11.1 Å². The van der Waals surface area contributed by atoms with E-state index in [0.29, 0.717) is 103 Å². The van der Waals surface area contributed by atoms with Crippen LogP contribution in [0.2, 0.25) is 0 Å². The highest BCUT2D eigenvalue weighted by Crippen LogP contribution is 2.74. The molecule has 6 aliphatic rings. The Morgan fingerprint density at radius 1 is 0.843 bits per heavy atom. The predicted octanol–water partition coefficient (Wildman–Crippen LogP) is 9.73. The smallest absolute Gasteiger partial charge is 0.410 e. The number of unbranched alkanes of at least 4 members (excludes halogenated alkanes) is 2. The van der Waals surface area contributed by atoms with Crippen molar-refractivity contribution in [2.75, 3.05) is 66.3 Å². The van der Waals surface area contributed by atoms with Crippen molar-refractivity contribution in [2.24, 2.45) is 27.9 Å². The van der Waals surface area contributed by atoms with Crippen LogP contribution in [-0.2, 0) is 60.2 Å². The van der Waals surface area contributed by atoms with E-state index in [4.69, 9.17) is 20.6 Å². The molecule has 4 aliphatic carbocycles. The number of imide groups is 1. The normalized spacial score (nSPS) is 21.1. The number of nitrogens with one attached hydrogen (secondary N) is 5.